The van der Waals surface area contributed by atoms with E-state index in [0.717, 1.165) is 12.2 Å². The Morgan fingerprint density at radius 3 is 2.58 bits per heavy atom. The van der Waals surface area contributed by atoms with Crippen LogP contribution in [0.15, 0.2) is 29.3 Å². The van der Waals surface area contributed by atoms with E-state index in [-0.39, 0.29) is 24.0 Å². The molecule has 108 valence electrons. The second-order valence-electron chi connectivity index (χ2n) is 4.38. The molecule has 0 saturated carbocycles. The summed E-state index contributed by atoms with van der Waals surface area (Å²) in [7, 11) is 0. The van der Waals surface area contributed by atoms with E-state index in [2.05, 4.69) is 31.1 Å². The normalized spacial score (nSPS) is 12.5. The summed E-state index contributed by atoms with van der Waals surface area (Å²) in [5.74, 6) is 1.35. The lowest BCUT2D eigenvalue weighted by atomic mass is 10.2. The molecule has 0 aliphatic carbocycles. The highest BCUT2D eigenvalue weighted by Gasteiger charge is 1.98. The van der Waals surface area contributed by atoms with Gasteiger partial charge in [0.1, 0.15) is 12.4 Å². The minimum absolute atomic E-state index is 0. The number of benzene rings is 1. The molecule has 0 heterocycles. The smallest absolute Gasteiger partial charge is 0.188 e. The Morgan fingerprint density at radius 1 is 1.37 bits per heavy atom. The first-order valence-corrected chi connectivity index (χ1v) is 6.37. The Labute approximate surface area is 132 Å². The summed E-state index contributed by atoms with van der Waals surface area (Å²) in [6.07, 6.45) is 1.02. The molecule has 19 heavy (non-hydrogen) atoms. The third kappa shape index (κ3) is 7.92. The van der Waals surface area contributed by atoms with Crippen LogP contribution in [0.25, 0.3) is 0 Å². The fourth-order valence-electron chi connectivity index (χ4n) is 1.36. The predicted octanol–water partition coefficient (Wildman–Crippen LogP) is 2.69. The van der Waals surface area contributed by atoms with Crippen LogP contribution in [0.4, 0.5) is 0 Å². The zero-order chi connectivity index (χ0) is 13.4. The van der Waals surface area contributed by atoms with Gasteiger partial charge in [0.2, 0.25) is 0 Å². The highest BCUT2D eigenvalue weighted by Crippen LogP contribution is 2.10. The van der Waals surface area contributed by atoms with Gasteiger partial charge in [-0.05, 0) is 32.4 Å². The van der Waals surface area contributed by atoms with Crippen LogP contribution in [-0.2, 0) is 0 Å². The fraction of sp³-hybridized carbons (Fsp3) is 0.500. The lowest BCUT2D eigenvalue weighted by Gasteiger charge is -2.11. The predicted molar refractivity (Wildman–Crippen MR) is 91.5 cm³/mol. The zero-order valence-corrected chi connectivity index (χ0v) is 14.2. The van der Waals surface area contributed by atoms with Gasteiger partial charge in [-0.25, -0.2) is 4.99 Å². The number of hydrogen-bond donors (Lipinski definition) is 2. The maximum Gasteiger partial charge on any atom is 0.188 e. The molecule has 0 aromatic heterocycles. The van der Waals surface area contributed by atoms with Gasteiger partial charge in [-0.1, -0.05) is 24.6 Å². The number of rotatable bonds is 6. The van der Waals surface area contributed by atoms with Crippen LogP contribution in [0.5, 0.6) is 5.75 Å². The number of aliphatic imine (C=N–C) groups is 1. The van der Waals surface area contributed by atoms with Crippen LogP contribution in [0.2, 0.25) is 0 Å². The number of nitrogens with two attached hydrogens (primary N) is 1. The lowest BCUT2D eigenvalue weighted by Crippen LogP contribution is -2.38. The van der Waals surface area contributed by atoms with E-state index < -0.39 is 0 Å². The number of guanidine groups is 1. The molecule has 0 aliphatic heterocycles. The standard InChI is InChI=1S/C14H23N3O.HI/c1-4-12(3)17-14(15)16-9-10-18-13-7-5-11(2)6-8-13;/h5-8,12H,4,9-10H2,1-3H3,(H3,15,16,17);1H. The summed E-state index contributed by atoms with van der Waals surface area (Å²) >= 11 is 0. The van der Waals surface area contributed by atoms with Gasteiger partial charge < -0.3 is 15.8 Å². The van der Waals surface area contributed by atoms with Crippen molar-refractivity contribution < 1.29 is 4.74 Å². The van der Waals surface area contributed by atoms with Gasteiger partial charge in [0, 0.05) is 6.04 Å². The summed E-state index contributed by atoms with van der Waals surface area (Å²) in [6.45, 7) is 7.32. The molecule has 0 amide bonds. The first kappa shape index (κ1) is 18.0. The second kappa shape index (κ2) is 9.89. The summed E-state index contributed by atoms with van der Waals surface area (Å²) in [5.41, 5.74) is 6.96. The van der Waals surface area contributed by atoms with Gasteiger partial charge in [0.25, 0.3) is 0 Å². The number of hydrogen-bond acceptors (Lipinski definition) is 2. The largest absolute Gasteiger partial charge is 0.492 e. The van der Waals surface area contributed by atoms with E-state index in [1.165, 1.54) is 5.56 Å². The summed E-state index contributed by atoms with van der Waals surface area (Å²) in [5, 5.41) is 3.11. The van der Waals surface area contributed by atoms with Gasteiger partial charge >= 0.3 is 0 Å². The molecule has 1 rings (SSSR count). The quantitative estimate of drug-likeness (QED) is 0.347. The van der Waals surface area contributed by atoms with Gasteiger partial charge in [-0.3, -0.25) is 0 Å². The van der Waals surface area contributed by atoms with E-state index in [1.807, 2.05) is 24.3 Å². The third-order valence-electron chi connectivity index (χ3n) is 2.67. The van der Waals surface area contributed by atoms with Gasteiger partial charge in [-0.15, -0.1) is 24.0 Å². The Hall–Kier alpha value is -0.980. The van der Waals surface area contributed by atoms with Crippen LogP contribution in [0.1, 0.15) is 25.8 Å². The molecule has 0 fully saturated rings. The van der Waals surface area contributed by atoms with Crippen LogP contribution < -0.4 is 15.8 Å². The first-order chi connectivity index (χ1) is 8.61. The molecule has 1 unspecified atom stereocenters. The molecule has 0 radical (unpaired) electrons. The second-order valence-corrected chi connectivity index (χ2v) is 4.38. The average Bonchev–Trinajstić information content (AvgIpc) is 2.36. The summed E-state index contributed by atoms with van der Waals surface area (Å²) in [6, 6.07) is 8.32. The number of halogens is 1. The maximum absolute atomic E-state index is 5.73. The average molecular weight is 377 g/mol. The van der Waals surface area contributed by atoms with Crippen molar-refractivity contribution in [2.75, 3.05) is 13.2 Å². The van der Waals surface area contributed by atoms with Crippen molar-refractivity contribution >= 4 is 29.9 Å². The minimum atomic E-state index is 0. The molecular weight excluding hydrogens is 353 g/mol. The van der Waals surface area contributed by atoms with Crippen LogP contribution in [0, 0.1) is 6.92 Å². The molecule has 1 aromatic carbocycles. The SMILES string of the molecule is CCC(C)NC(N)=NCCOc1ccc(C)cc1.I. The molecule has 1 atom stereocenters. The van der Waals surface area contributed by atoms with Gasteiger partial charge in [0.15, 0.2) is 5.96 Å². The van der Waals surface area contributed by atoms with E-state index in [0.29, 0.717) is 25.2 Å². The van der Waals surface area contributed by atoms with Crippen molar-refractivity contribution in [1.29, 1.82) is 0 Å². The Morgan fingerprint density at radius 2 is 2.00 bits per heavy atom. The molecule has 5 heteroatoms. The van der Waals surface area contributed by atoms with Gasteiger partial charge in [-0.2, -0.15) is 0 Å². The zero-order valence-electron chi connectivity index (χ0n) is 11.8. The van der Waals surface area contributed by atoms with Crippen LogP contribution in [-0.4, -0.2) is 25.2 Å². The lowest BCUT2D eigenvalue weighted by molar-refractivity contribution is 0.328. The highest BCUT2D eigenvalue weighted by molar-refractivity contribution is 14.0. The van der Waals surface area contributed by atoms with Crippen molar-refractivity contribution in [3.05, 3.63) is 29.8 Å². The van der Waals surface area contributed by atoms with Crippen molar-refractivity contribution in [3.8, 4) is 5.75 Å². The molecule has 0 saturated heterocycles. The van der Waals surface area contributed by atoms with Crippen molar-refractivity contribution in [2.24, 2.45) is 10.7 Å². The van der Waals surface area contributed by atoms with Crippen LogP contribution in [0.3, 0.4) is 0 Å². The Kier molecular flexibility index (Phi) is 9.38. The van der Waals surface area contributed by atoms with Crippen molar-refractivity contribution in [3.63, 3.8) is 0 Å². The van der Waals surface area contributed by atoms with E-state index in [9.17, 15) is 0 Å². The minimum Gasteiger partial charge on any atom is -0.492 e. The van der Waals surface area contributed by atoms with Crippen LogP contribution >= 0.6 is 24.0 Å². The van der Waals surface area contributed by atoms with E-state index >= 15 is 0 Å². The molecule has 0 spiro atoms. The monoisotopic (exact) mass is 377 g/mol. The van der Waals surface area contributed by atoms with Crippen molar-refractivity contribution in [2.45, 2.75) is 33.2 Å². The van der Waals surface area contributed by atoms with Crippen molar-refractivity contribution in [1.82, 2.24) is 5.32 Å². The molecule has 0 aliphatic rings. The molecule has 0 bridgehead atoms. The number of nitrogens with one attached hydrogen (secondary N) is 1. The topological polar surface area (TPSA) is 59.6 Å². The van der Waals surface area contributed by atoms with E-state index in [1.54, 1.807) is 0 Å². The summed E-state index contributed by atoms with van der Waals surface area (Å²) < 4.78 is 5.55. The maximum atomic E-state index is 5.73. The third-order valence-corrected chi connectivity index (χ3v) is 2.67. The highest BCUT2D eigenvalue weighted by atomic mass is 127. The van der Waals surface area contributed by atoms with Gasteiger partial charge in [0.05, 0.1) is 6.54 Å². The molecular formula is C14H24IN3O. The number of aryl methyl sites for hydroxylation is 1. The number of ether oxygens (including phenoxy) is 1. The molecule has 4 nitrogen and oxygen atoms in total. The Balaban J connectivity index is 0.00000324. The number of nitrogens with zero attached hydrogens (tertiary/aromatic N) is 1. The Bertz CT molecular complexity index is 379. The fourth-order valence-corrected chi connectivity index (χ4v) is 1.36. The summed E-state index contributed by atoms with van der Waals surface area (Å²) in [4.78, 5) is 4.20. The molecule has 1 aromatic rings. The first-order valence-electron chi connectivity index (χ1n) is 6.37. The molecule has 3 N–H and O–H groups in total. The van der Waals surface area contributed by atoms with E-state index in [4.69, 9.17) is 10.5 Å².